The molecule has 0 spiro atoms. The summed E-state index contributed by atoms with van der Waals surface area (Å²) in [5, 5.41) is 9.37. The molecule has 4 heteroatoms. The summed E-state index contributed by atoms with van der Waals surface area (Å²) in [6, 6.07) is -0.571. The van der Waals surface area contributed by atoms with Gasteiger partial charge in [-0.2, -0.15) is 0 Å². The molecule has 0 aromatic heterocycles. The van der Waals surface area contributed by atoms with Crippen molar-refractivity contribution in [3.63, 3.8) is 0 Å². The van der Waals surface area contributed by atoms with Gasteiger partial charge in [0.15, 0.2) is 0 Å². The van der Waals surface area contributed by atoms with Crippen LogP contribution in [-0.2, 0) is 9.59 Å². The topological polar surface area (TPSA) is 57.6 Å². The molecular weight excluding hydrogens is 266 g/mol. The fraction of sp³-hybridized carbons (Fsp3) is 0.882. The molecule has 4 saturated carbocycles. The van der Waals surface area contributed by atoms with Crippen molar-refractivity contribution < 1.29 is 14.7 Å². The molecule has 2 unspecified atom stereocenters. The molecule has 0 aromatic carbocycles. The van der Waals surface area contributed by atoms with E-state index in [0.29, 0.717) is 30.2 Å². The Balaban J connectivity index is 1.63. The quantitative estimate of drug-likeness (QED) is 0.851. The Morgan fingerprint density at radius 2 is 1.81 bits per heavy atom. The van der Waals surface area contributed by atoms with E-state index in [1.54, 1.807) is 4.90 Å². The first-order chi connectivity index (χ1) is 9.91. The summed E-state index contributed by atoms with van der Waals surface area (Å²) in [6.07, 6.45) is 8.34. The number of nitrogens with zero attached hydrogens (tertiary/aromatic N) is 1. The van der Waals surface area contributed by atoms with Crippen LogP contribution >= 0.6 is 0 Å². The SMILES string of the molecule is CC12CC3CC(C1)CC(C(=O)N1CCC[C@H]1C(=O)O)(C3)C2. The molecule has 1 aliphatic heterocycles. The zero-order valence-electron chi connectivity index (χ0n) is 12.8. The Morgan fingerprint density at radius 1 is 1.14 bits per heavy atom. The molecule has 1 amide bonds. The zero-order chi connectivity index (χ0) is 14.8. The van der Waals surface area contributed by atoms with Crippen molar-refractivity contribution in [2.75, 3.05) is 6.54 Å². The van der Waals surface area contributed by atoms with Crippen LogP contribution in [0, 0.1) is 22.7 Å². The maximum Gasteiger partial charge on any atom is 0.326 e. The average molecular weight is 291 g/mol. The largest absolute Gasteiger partial charge is 0.480 e. The smallest absolute Gasteiger partial charge is 0.326 e. The lowest BCUT2D eigenvalue weighted by molar-refractivity contribution is -0.170. The molecule has 21 heavy (non-hydrogen) atoms. The van der Waals surface area contributed by atoms with Crippen LogP contribution in [0.4, 0.5) is 0 Å². The van der Waals surface area contributed by atoms with Crippen molar-refractivity contribution in [2.45, 2.75) is 64.3 Å². The number of likely N-dealkylation sites (tertiary alicyclic amines) is 1. The van der Waals surface area contributed by atoms with Crippen LogP contribution in [-0.4, -0.2) is 34.5 Å². The van der Waals surface area contributed by atoms with Crippen LogP contribution < -0.4 is 0 Å². The minimum absolute atomic E-state index is 0.174. The van der Waals surface area contributed by atoms with Gasteiger partial charge >= 0.3 is 5.97 Å². The van der Waals surface area contributed by atoms with Gasteiger partial charge < -0.3 is 10.0 Å². The highest BCUT2D eigenvalue weighted by atomic mass is 16.4. The second-order valence-corrected chi connectivity index (χ2v) is 8.55. The van der Waals surface area contributed by atoms with Gasteiger partial charge in [0.25, 0.3) is 0 Å². The Kier molecular flexibility index (Phi) is 2.74. The third kappa shape index (κ3) is 1.94. The second-order valence-electron chi connectivity index (χ2n) is 8.55. The minimum Gasteiger partial charge on any atom is -0.480 e. The lowest BCUT2D eigenvalue weighted by Crippen LogP contribution is -2.58. The van der Waals surface area contributed by atoms with Crippen LogP contribution in [0.2, 0.25) is 0 Å². The average Bonchev–Trinajstić information content (AvgIpc) is 2.83. The molecule has 1 N–H and O–H groups in total. The van der Waals surface area contributed by atoms with E-state index in [1.807, 2.05) is 0 Å². The zero-order valence-corrected chi connectivity index (χ0v) is 12.8. The summed E-state index contributed by atoms with van der Waals surface area (Å²) in [7, 11) is 0. The fourth-order valence-corrected chi connectivity index (χ4v) is 6.54. The molecular formula is C17H25NO3. The van der Waals surface area contributed by atoms with Gasteiger partial charge in [-0.25, -0.2) is 4.79 Å². The van der Waals surface area contributed by atoms with Gasteiger partial charge in [-0.3, -0.25) is 4.79 Å². The Hall–Kier alpha value is -1.06. The molecule has 116 valence electrons. The van der Waals surface area contributed by atoms with E-state index < -0.39 is 12.0 Å². The molecule has 4 bridgehead atoms. The van der Waals surface area contributed by atoms with Crippen molar-refractivity contribution in [1.29, 1.82) is 0 Å². The molecule has 5 rings (SSSR count). The number of hydrogen-bond donors (Lipinski definition) is 1. The van der Waals surface area contributed by atoms with Crippen LogP contribution in [0.25, 0.3) is 0 Å². The van der Waals surface area contributed by atoms with Crippen molar-refractivity contribution in [1.82, 2.24) is 4.90 Å². The lowest BCUT2D eigenvalue weighted by Gasteiger charge is -2.61. The van der Waals surface area contributed by atoms with Gasteiger partial charge in [-0.05, 0) is 68.6 Å². The summed E-state index contributed by atoms with van der Waals surface area (Å²) in [4.78, 5) is 26.3. The van der Waals surface area contributed by atoms with E-state index in [9.17, 15) is 14.7 Å². The molecule has 1 saturated heterocycles. The summed E-state index contributed by atoms with van der Waals surface area (Å²) in [6.45, 7) is 2.99. The first-order valence-electron chi connectivity index (χ1n) is 8.45. The molecule has 0 aromatic rings. The standard InChI is InChI=1S/C17H25NO3/c1-16-6-11-5-12(7-16)9-17(8-11,10-16)15(21)18-4-2-3-13(18)14(19)20/h11-13H,2-10H2,1H3,(H,19,20)/t11?,12?,13-,16?,17?/m0/s1. The molecule has 4 nitrogen and oxygen atoms in total. The third-order valence-electron chi connectivity index (χ3n) is 6.61. The highest BCUT2D eigenvalue weighted by molar-refractivity contribution is 5.88. The number of hydrogen-bond acceptors (Lipinski definition) is 2. The Morgan fingerprint density at radius 3 is 2.38 bits per heavy atom. The Bertz CT molecular complexity index is 486. The summed E-state index contributed by atoms with van der Waals surface area (Å²) in [5.41, 5.74) is 0.106. The van der Waals surface area contributed by atoms with Crippen LogP contribution in [0.5, 0.6) is 0 Å². The monoisotopic (exact) mass is 291 g/mol. The molecule has 0 radical (unpaired) electrons. The van der Waals surface area contributed by atoms with Crippen LogP contribution in [0.15, 0.2) is 0 Å². The molecule has 3 atom stereocenters. The third-order valence-corrected chi connectivity index (χ3v) is 6.61. The highest BCUT2D eigenvalue weighted by Gasteiger charge is 2.60. The molecule has 4 aliphatic carbocycles. The normalized spacial score (nSPS) is 47.9. The number of rotatable bonds is 2. The van der Waals surface area contributed by atoms with E-state index >= 15 is 0 Å². The highest BCUT2D eigenvalue weighted by Crippen LogP contribution is 2.65. The Labute approximate surface area is 125 Å². The van der Waals surface area contributed by atoms with E-state index in [-0.39, 0.29) is 11.3 Å². The fourth-order valence-electron chi connectivity index (χ4n) is 6.54. The van der Waals surface area contributed by atoms with Crippen molar-refractivity contribution >= 4 is 11.9 Å². The first kappa shape index (κ1) is 13.6. The second kappa shape index (κ2) is 4.23. The van der Waals surface area contributed by atoms with Crippen molar-refractivity contribution in [3.8, 4) is 0 Å². The van der Waals surface area contributed by atoms with Gasteiger partial charge in [0.05, 0.1) is 5.41 Å². The number of carboxylic acid groups (broad SMARTS) is 1. The van der Waals surface area contributed by atoms with E-state index in [1.165, 1.54) is 19.3 Å². The van der Waals surface area contributed by atoms with Gasteiger partial charge in [-0.1, -0.05) is 6.92 Å². The van der Waals surface area contributed by atoms with Gasteiger partial charge in [-0.15, -0.1) is 0 Å². The summed E-state index contributed by atoms with van der Waals surface area (Å²) < 4.78 is 0. The minimum atomic E-state index is -0.822. The van der Waals surface area contributed by atoms with Crippen molar-refractivity contribution in [2.24, 2.45) is 22.7 Å². The predicted molar refractivity (Wildman–Crippen MR) is 77.6 cm³/mol. The summed E-state index contributed by atoms with van der Waals surface area (Å²) in [5.74, 6) is 0.752. The molecule has 5 fully saturated rings. The number of carboxylic acids is 1. The van der Waals surface area contributed by atoms with E-state index in [4.69, 9.17) is 0 Å². The number of aliphatic carboxylic acids is 1. The van der Waals surface area contributed by atoms with Gasteiger partial charge in [0.1, 0.15) is 6.04 Å². The lowest BCUT2D eigenvalue weighted by atomic mass is 9.44. The molecule has 1 heterocycles. The number of carbonyl (C=O) groups is 2. The number of amides is 1. The van der Waals surface area contributed by atoms with Crippen LogP contribution in [0.1, 0.15) is 58.3 Å². The maximum atomic E-state index is 13.2. The van der Waals surface area contributed by atoms with E-state index in [0.717, 1.165) is 25.7 Å². The first-order valence-corrected chi connectivity index (χ1v) is 8.45. The summed E-state index contributed by atoms with van der Waals surface area (Å²) >= 11 is 0. The molecule has 5 aliphatic rings. The van der Waals surface area contributed by atoms with Crippen molar-refractivity contribution in [3.05, 3.63) is 0 Å². The van der Waals surface area contributed by atoms with E-state index in [2.05, 4.69) is 6.92 Å². The van der Waals surface area contributed by atoms with Gasteiger partial charge in [0, 0.05) is 6.54 Å². The maximum absolute atomic E-state index is 13.2. The van der Waals surface area contributed by atoms with Crippen LogP contribution in [0.3, 0.4) is 0 Å². The number of carbonyl (C=O) groups excluding carboxylic acids is 1. The predicted octanol–water partition coefficient (Wildman–Crippen LogP) is 2.67. The van der Waals surface area contributed by atoms with Gasteiger partial charge in [0.2, 0.25) is 5.91 Å².